The van der Waals surface area contributed by atoms with Crippen molar-refractivity contribution in [3.8, 4) is 0 Å². The molecular weight excluding hydrogens is 268 g/mol. The molecule has 5 nitrogen and oxygen atoms in total. The number of nitrogens with zero attached hydrogens (tertiary/aromatic N) is 1. The quantitative estimate of drug-likeness (QED) is 0.785. The average Bonchev–Trinajstić information content (AvgIpc) is 2.54. The third-order valence-electron chi connectivity index (χ3n) is 4.55. The summed E-state index contributed by atoms with van der Waals surface area (Å²) >= 11 is 0. The van der Waals surface area contributed by atoms with Gasteiger partial charge in [-0.1, -0.05) is 0 Å². The molecule has 2 unspecified atom stereocenters. The number of rotatable bonds is 5. The van der Waals surface area contributed by atoms with Gasteiger partial charge in [0.2, 0.25) is 5.91 Å². The van der Waals surface area contributed by atoms with E-state index in [1.54, 1.807) is 4.90 Å². The Kier molecular flexibility index (Phi) is 6.49. The molecule has 120 valence electrons. The minimum absolute atomic E-state index is 0.123. The minimum Gasteiger partial charge on any atom is -0.464 e. The summed E-state index contributed by atoms with van der Waals surface area (Å²) in [4.78, 5) is 26.2. The van der Waals surface area contributed by atoms with Gasteiger partial charge >= 0.3 is 5.97 Å². The lowest BCUT2D eigenvalue weighted by Crippen LogP contribution is -2.48. The first-order chi connectivity index (χ1) is 10.2. The lowest BCUT2D eigenvalue weighted by Gasteiger charge is -2.34. The second-order valence-electron chi connectivity index (χ2n) is 6.10. The van der Waals surface area contributed by atoms with E-state index in [1.165, 1.54) is 12.8 Å². The van der Waals surface area contributed by atoms with Crippen molar-refractivity contribution in [2.45, 2.75) is 57.9 Å². The van der Waals surface area contributed by atoms with Gasteiger partial charge in [0.15, 0.2) is 0 Å². The van der Waals surface area contributed by atoms with Gasteiger partial charge in [0.05, 0.1) is 6.61 Å². The zero-order valence-corrected chi connectivity index (χ0v) is 13.1. The molecule has 2 atom stereocenters. The highest BCUT2D eigenvalue weighted by atomic mass is 16.5. The van der Waals surface area contributed by atoms with Crippen LogP contribution < -0.4 is 5.32 Å². The van der Waals surface area contributed by atoms with Gasteiger partial charge in [0.25, 0.3) is 0 Å². The molecule has 2 aliphatic rings. The topological polar surface area (TPSA) is 58.6 Å². The smallest absolute Gasteiger partial charge is 0.328 e. The molecule has 0 saturated carbocycles. The molecule has 0 aliphatic carbocycles. The summed E-state index contributed by atoms with van der Waals surface area (Å²) in [6, 6.07) is -0.351. The molecule has 0 bridgehead atoms. The molecule has 0 aromatic heterocycles. The zero-order valence-electron chi connectivity index (χ0n) is 13.1. The van der Waals surface area contributed by atoms with E-state index >= 15 is 0 Å². The molecule has 0 aromatic rings. The van der Waals surface area contributed by atoms with Gasteiger partial charge in [-0.05, 0) is 64.5 Å². The van der Waals surface area contributed by atoms with Crippen LogP contribution in [0.2, 0.25) is 0 Å². The monoisotopic (exact) mass is 296 g/mol. The number of hydrogen-bond donors (Lipinski definition) is 1. The first-order valence-corrected chi connectivity index (χ1v) is 8.39. The molecule has 1 amide bonds. The summed E-state index contributed by atoms with van der Waals surface area (Å²) in [5.74, 6) is 0.497. The highest BCUT2D eigenvalue weighted by Gasteiger charge is 2.33. The van der Waals surface area contributed by atoms with Crippen molar-refractivity contribution >= 4 is 11.9 Å². The van der Waals surface area contributed by atoms with Crippen LogP contribution in [0.25, 0.3) is 0 Å². The lowest BCUT2D eigenvalue weighted by molar-refractivity contribution is -0.156. The first-order valence-electron chi connectivity index (χ1n) is 8.39. The van der Waals surface area contributed by atoms with Gasteiger partial charge in [-0.25, -0.2) is 4.79 Å². The Balaban J connectivity index is 1.84. The fraction of sp³-hybridized carbons (Fsp3) is 0.875. The molecule has 2 fully saturated rings. The van der Waals surface area contributed by atoms with Crippen molar-refractivity contribution in [3.63, 3.8) is 0 Å². The number of nitrogens with one attached hydrogen (secondary N) is 1. The molecule has 0 aromatic carbocycles. The van der Waals surface area contributed by atoms with Crippen molar-refractivity contribution in [2.24, 2.45) is 5.92 Å². The number of likely N-dealkylation sites (tertiary alicyclic amines) is 1. The number of hydrogen-bond acceptors (Lipinski definition) is 4. The molecule has 1 N–H and O–H groups in total. The van der Waals surface area contributed by atoms with Crippen LogP contribution in [-0.4, -0.2) is 49.1 Å². The van der Waals surface area contributed by atoms with E-state index in [9.17, 15) is 9.59 Å². The normalized spacial score (nSPS) is 26.4. The van der Waals surface area contributed by atoms with E-state index in [4.69, 9.17) is 4.74 Å². The SMILES string of the molecule is CCOC(=O)C1CCCCN1C(=O)CCC1CCCNC1. The number of ether oxygens (including phenoxy) is 1. The van der Waals surface area contributed by atoms with Gasteiger partial charge in [-0.15, -0.1) is 0 Å². The summed E-state index contributed by atoms with van der Waals surface area (Å²) in [5.41, 5.74) is 0. The molecule has 0 spiro atoms. The van der Waals surface area contributed by atoms with E-state index in [1.807, 2.05) is 6.92 Å². The van der Waals surface area contributed by atoms with Gasteiger partial charge in [-0.3, -0.25) is 4.79 Å². The highest BCUT2D eigenvalue weighted by Crippen LogP contribution is 2.22. The van der Waals surface area contributed by atoms with Gasteiger partial charge in [-0.2, -0.15) is 0 Å². The van der Waals surface area contributed by atoms with Crippen LogP contribution in [0.15, 0.2) is 0 Å². The summed E-state index contributed by atoms with van der Waals surface area (Å²) in [7, 11) is 0. The minimum atomic E-state index is -0.351. The number of piperidine rings is 2. The highest BCUT2D eigenvalue weighted by molar-refractivity contribution is 5.84. The molecule has 0 radical (unpaired) electrons. The maximum Gasteiger partial charge on any atom is 0.328 e. The largest absolute Gasteiger partial charge is 0.464 e. The van der Waals surface area contributed by atoms with E-state index in [0.717, 1.165) is 38.8 Å². The molecule has 2 saturated heterocycles. The van der Waals surface area contributed by atoms with Crippen LogP contribution >= 0.6 is 0 Å². The fourth-order valence-electron chi connectivity index (χ4n) is 3.36. The Morgan fingerprint density at radius 2 is 2.10 bits per heavy atom. The Morgan fingerprint density at radius 1 is 1.24 bits per heavy atom. The predicted molar refractivity (Wildman–Crippen MR) is 80.8 cm³/mol. The molecule has 2 rings (SSSR count). The third kappa shape index (κ3) is 4.70. The first kappa shape index (κ1) is 16.3. The van der Waals surface area contributed by atoms with Crippen LogP contribution in [0.5, 0.6) is 0 Å². The number of carbonyl (C=O) groups excluding carboxylic acids is 2. The van der Waals surface area contributed by atoms with Crippen molar-refractivity contribution in [3.05, 3.63) is 0 Å². The van der Waals surface area contributed by atoms with Gasteiger partial charge < -0.3 is 15.0 Å². The zero-order chi connectivity index (χ0) is 15.1. The van der Waals surface area contributed by atoms with E-state index in [-0.39, 0.29) is 17.9 Å². The summed E-state index contributed by atoms with van der Waals surface area (Å²) in [5, 5.41) is 3.38. The average molecular weight is 296 g/mol. The van der Waals surface area contributed by atoms with Gasteiger partial charge in [0.1, 0.15) is 6.04 Å². The molecule has 5 heteroatoms. The maximum absolute atomic E-state index is 12.5. The van der Waals surface area contributed by atoms with E-state index in [0.29, 0.717) is 25.5 Å². The Morgan fingerprint density at radius 3 is 2.81 bits per heavy atom. The summed E-state index contributed by atoms with van der Waals surface area (Å²) < 4.78 is 5.11. The van der Waals surface area contributed by atoms with Crippen molar-refractivity contribution < 1.29 is 14.3 Å². The fourth-order valence-corrected chi connectivity index (χ4v) is 3.36. The molecular formula is C16H28N2O3. The number of carbonyl (C=O) groups is 2. The van der Waals surface area contributed by atoms with Crippen LogP contribution in [0, 0.1) is 5.92 Å². The number of amides is 1. The number of esters is 1. The Labute approximate surface area is 127 Å². The van der Waals surface area contributed by atoms with Gasteiger partial charge in [0, 0.05) is 13.0 Å². The molecule has 21 heavy (non-hydrogen) atoms. The standard InChI is InChI=1S/C16H28N2O3/c1-2-21-16(20)14-7-3-4-11-18(14)15(19)9-8-13-6-5-10-17-12-13/h13-14,17H,2-12H2,1H3. The maximum atomic E-state index is 12.5. The lowest BCUT2D eigenvalue weighted by atomic mass is 9.93. The molecule has 2 aliphatic heterocycles. The summed E-state index contributed by atoms with van der Waals surface area (Å²) in [6.45, 7) is 5.01. The van der Waals surface area contributed by atoms with Crippen LogP contribution in [0.1, 0.15) is 51.9 Å². The van der Waals surface area contributed by atoms with Crippen LogP contribution in [-0.2, 0) is 14.3 Å². The Hall–Kier alpha value is -1.10. The Bertz CT molecular complexity index is 353. The van der Waals surface area contributed by atoms with Crippen LogP contribution in [0.4, 0.5) is 0 Å². The van der Waals surface area contributed by atoms with Crippen molar-refractivity contribution in [1.82, 2.24) is 10.2 Å². The second kappa shape index (κ2) is 8.37. The van der Waals surface area contributed by atoms with Crippen LogP contribution in [0.3, 0.4) is 0 Å². The summed E-state index contributed by atoms with van der Waals surface area (Å²) in [6.07, 6.45) is 6.64. The van der Waals surface area contributed by atoms with Crippen molar-refractivity contribution in [2.75, 3.05) is 26.2 Å². The van der Waals surface area contributed by atoms with Crippen molar-refractivity contribution in [1.29, 1.82) is 0 Å². The predicted octanol–water partition coefficient (Wildman–Crippen LogP) is 1.71. The van der Waals surface area contributed by atoms with E-state index < -0.39 is 0 Å². The molecule has 2 heterocycles. The second-order valence-corrected chi connectivity index (χ2v) is 6.10. The van der Waals surface area contributed by atoms with E-state index in [2.05, 4.69) is 5.32 Å². The third-order valence-corrected chi connectivity index (χ3v) is 4.55.